The van der Waals surface area contributed by atoms with Gasteiger partial charge in [-0.2, -0.15) is 18.3 Å². The zero-order valence-corrected chi connectivity index (χ0v) is 6.22. The van der Waals surface area contributed by atoms with Crippen LogP contribution in [0.25, 0.3) is 0 Å². The number of halogens is 3. The Morgan fingerprint density at radius 3 is 2.54 bits per heavy atom. The summed E-state index contributed by atoms with van der Waals surface area (Å²) < 4.78 is 35.7. The van der Waals surface area contributed by atoms with Crippen LogP contribution in [-0.2, 0) is 0 Å². The van der Waals surface area contributed by atoms with E-state index < -0.39 is 23.4 Å². The van der Waals surface area contributed by atoms with Crippen LogP contribution in [0.15, 0.2) is 18.5 Å². The predicted octanol–water partition coefficient (Wildman–Crippen LogP) is 1.11. The molecule has 0 aromatic carbocycles. The van der Waals surface area contributed by atoms with E-state index >= 15 is 0 Å². The van der Waals surface area contributed by atoms with E-state index in [1.165, 1.54) is 0 Å². The van der Waals surface area contributed by atoms with Crippen molar-refractivity contribution in [1.29, 1.82) is 0 Å². The summed E-state index contributed by atoms with van der Waals surface area (Å²) in [4.78, 5) is 14.2. The van der Waals surface area contributed by atoms with Crippen LogP contribution in [0.5, 0.6) is 0 Å². The summed E-state index contributed by atoms with van der Waals surface area (Å²) in [6.45, 7) is 2.62. The summed E-state index contributed by atoms with van der Waals surface area (Å²) in [5.41, 5.74) is -1.47. The molecule has 0 amide bonds. The summed E-state index contributed by atoms with van der Waals surface area (Å²) in [7, 11) is 0. The Hall–Kier alpha value is -1.66. The number of aromatic nitrogens is 3. The highest BCUT2D eigenvalue weighted by atomic mass is 19.4. The standard InChI is InChI=1S/C6H4F3N3O/c1-3(6(7,8)9)4(13)5-10-2-11-12-5/h2H,1H2,(H,10,11,12). The Morgan fingerprint density at radius 2 is 2.15 bits per heavy atom. The van der Waals surface area contributed by atoms with Gasteiger partial charge in [0.25, 0.3) is 0 Å². The number of H-pyrrole nitrogens is 1. The molecule has 4 nitrogen and oxygen atoms in total. The van der Waals surface area contributed by atoms with Gasteiger partial charge in [0.2, 0.25) is 5.78 Å². The lowest BCUT2D eigenvalue weighted by Crippen LogP contribution is -2.20. The number of Topliss-reactive ketones (excluding diaryl/α,β-unsaturated/α-hetero) is 1. The molecular formula is C6H4F3N3O. The van der Waals surface area contributed by atoms with E-state index in [2.05, 4.69) is 16.7 Å². The lowest BCUT2D eigenvalue weighted by molar-refractivity contribution is -0.0884. The van der Waals surface area contributed by atoms with Gasteiger partial charge in [0, 0.05) is 0 Å². The van der Waals surface area contributed by atoms with Gasteiger partial charge in [-0.25, -0.2) is 4.98 Å². The largest absolute Gasteiger partial charge is 0.419 e. The first kappa shape index (κ1) is 9.43. The number of rotatable bonds is 2. The Bertz CT molecular complexity index is 327. The Morgan fingerprint density at radius 1 is 1.54 bits per heavy atom. The van der Waals surface area contributed by atoms with Crippen LogP contribution >= 0.6 is 0 Å². The molecule has 1 N–H and O–H groups in total. The highest BCUT2D eigenvalue weighted by molar-refractivity contribution is 6.06. The fraction of sp³-hybridized carbons (Fsp3) is 0.167. The topological polar surface area (TPSA) is 58.6 Å². The molecule has 7 heteroatoms. The lowest BCUT2D eigenvalue weighted by atomic mass is 10.2. The molecule has 1 aromatic heterocycles. The molecule has 70 valence electrons. The zero-order valence-electron chi connectivity index (χ0n) is 6.22. The van der Waals surface area contributed by atoms with Crippen molar-refractivity contribution >= 4 is 5.78 Å². The molecule has 0 saturated heterocycles. The molecule has 0 aliphatic heterocycles. The van der Waals surface area contributed by atoms with Crippen molar-refractivity contribution in [3.63, 3.8) is 0 Å². The normalized spacial score (nSPS) is 11.3. The van der Waals surface area contributed by atoms with Crippen molar-refractivity contribution < 1.29 is 18.0 Å². The van der Waals surface area contributed by atoms with Crippen LogP contribution in [-0.4, -0.2) is 27.1 Å². The van der Waals surface area contributed by atoms with E-state index in [0.717, 1.165) is 6.33 Å². The zero-order chi connectivity index (χ0) is 10.1. The quantitative estimate of drug-likeness (QED) is 0.562. The molecular weight excluding hydrogens is 187 g/mol. The van der Waals surface area contributed by atoms with E-state index in [1.807, 2.05) is 5.10 Å². The van der Waals surface area contributed by atoms with Gasteiger partial charge in [-0.05, 0) is 0 Å². The first-order chi connectivity index (χ1) is 5.93. The van der Waals surface area contributed by atoms with Gasteiger partial charge in [-0.3, -0.25) is 9.89 Å². The molecule has 0 saturated carbocycles. The second-order valence-corrected chi connectivity index (χ2v) is 2.14. The number of carbonyl (C=O) groups is 1. The summed E-state index contributed by atoms with van der Waals surface area (Å²) in [6.07, 6.45) is -3.79. The Labute approximate surface area is 70.5 Å². The van der Waals surface area contributed by atoms with Crippen LogP contribution in [0.1, 0.15) is 10.6 Å². The molecule has 0 spiro atoms. The highest BCUT2D eigenvalue weighted by Gasteiger charge is 2.38. The average Bonchev–Trinajstić information content (AvgIpc) is 2.51. The summed E-state index contributed by atoms with van der Waals surface area (Å²) >= 11 is 0. The number of alkyl halides is 3. The van der Waals surface area contributed by atoms with Crippen molar-refractivity contribution in [3.05, 3.63) is 24.3 Å². The van der Waals surface area contributed by atoms with Gasteiger partial charge in [0.1, 0.15) is 6.33 Å². The number of allylic oxidation sites excluding steroid dienone is 1. The molecule has 0 aliphatic rings. The molecule has 1 heterocycles. The van der Waals surface area contributed by atoms with Crippen LogP contribution < -0.4 is 0 Å². The van der Waals surface area contributed by atoms with Crippen molar-refractivity contribution in [2.75, 3.05) is 0 Å². The first-order valence-electron chi connectivity index (χ1n) is 3.09. The van der Waals surface area contributed by atoms with E-state index in [1.54, 1.807) is 0 Å². The average molecular weight is 191 g/mol. The minimum absolute atomic E-state index is 0.470. The molecule has 13 heavy (non-hydrogen) atoms. The number of nitrogens with one attached hydrogen (secondary N) is 1. The minimum Gasteiger partial charge on any atom is -0.285 e. The Kier molecular flexibility index (Phi) is 2.18. The van der Waals surface area contributed by atoms with Gasteiger partial charge in [0.15, 0.2) is 5.82 Å². The molecule has 0 fully saturated rings. The molecule has 0 unspecified atom stereocenters. The van der Waals surface area contributed by atoms with Gasteiger partial charge in [0.05, 0.1) is 5.57 Å². The van der Waals surface area contributed by atoms with Crippen molar-refractivity contribution in [1.82, 2.24) is 15.2 Å². The lowest BCUT2D eigenvalue weighted by Gasteiger charge is -2.05. The van der Waals surface area contributed by atoms with Crippen LogP contribution in [0.2, 0.25) is 0 Å². The van der Waals surface area contributed by atoms with Crippen molar-refractivity contribution in [2.45, 2.75) is 6.18 Å². The van der Waals surface area contributed by atoms with Gasteiger partial charge in [-0.15, -0.1) is 0 Å². The van der Waals surface area contributed by atoms with Crippen molar-refractivity contribution in [3.8, 4) is 0 Å². The number of aromatic amines is 1. The predicted molar refractivity (Wildman–Crippen MR) is 35.9 cm³/mol. The fourth-order valence-corrected chi connectivity index (χ4v) is 0.587. The summed E-state index contributed by atoms with van der Waals surface area (Å²) in [6, 6.07) is 0. The Balaban J connectivity index is 2.88. The van der Waals surface area contributed by atoms with E-state index in [9.17, 15) is 18.0 Å². The van der Waals surface area contributed by atoms with Gasteiger partial charge < -0.3 is 0 Å². The van der Waals surface area contributed by atoms with Crippen LogP contribution in [0.4, 0.5) is 13.2 Å². The fourth-order valence-electron chi connectivity index (χ4n) is 0.587. The molecule has 1 rings (SSSR count). The van der Waals surface area contributed by atoms with Crippen molar-refractivity contribution in [2.24, 2.45) is 0 Å². The van der Waals surface area contributed by atoms with Crippen LogP contribution in [0.3, 0.4) is 0 Å². The first-order valence-corrected chi connectivity index (χ1v) is 3.09. The third-order valence-corrected chi connectivity index (χ3v) is 1.25. The molecule has 1 aromatic rings. The third kappa shape index (κ3) is 1.92. The molecule has 0 radical (unpaired) electrons. The SMILES string of the molecule is C=C(C(=O)c1ncn[nH]1)C(F)(F)F. The smallest absolute Gasteiger partial charge is 0.285 e. The molecule has 0 aliphatic carbocycles. The number of hydrogen-bond donors (Lipinski definition) is 1. The molecule has 0 atom stereocenters. The maximum absolute atomic E-state index is 11.9. The number of carbonyl (C=O) groups excluding carboxylic acids is 1. The summed E-state index contributed by atoms with van der Waals surface area (Å²) in [5.74, 6) is -1.77. The maximum atomic E-state index is 11.9. The second-order valence-electron chi connectivity index (χ2n) is 2.14. The van der Waals surface area contributed by atoms with Gasteiger partial charge >= 0.3 is 6.18 Å². The number of ketones is 1. The van der Waals surface area contributed by atoms with E-state index in [4.69, 9.17) is 0 Å². The summed E-state index contributed by atoms with van der Waals surface area (Å²) in [5, 5.41) is 5.26. The highest BCUT2D eigenvalue weighted by Crippen LogP contribution is 2.25. The monoisotopic (exact) mass is 191 g/mol. The number of hydrogen-bond acceptors (Lipinski definition) is 3. The molecule has 0 bridgehead atoms. The third-order valence-electron chi connectivity index (χ3n) is 1.25. The maximum Gasteiger partial charge on any atom is 0.419 e. The van der Waals surface area contributed by atoms with E-state index in [-0.39, 0.29) is 0 Å². The minimum atomic E-state index is -4.73. The number of nitrogens with zero attached hydrogens (tertiary/aromatic N) is 2. The van der Waals surface area contributed by atoms with Crippen LogP contribution in [0, 0.1) is 0 Å². The second kappa shape index (κ2) is 3.00. The van der Waals surface area contributed by atoms with E-state index in [0.29, 0.717) is 0 Å². The van der Waals surface area contributed by atoms with Gasteiger partial charge in [-0.1, -0.05) is 6.58 Å².